The minimum atomic E-state index is -0.487. The van der Waals surface area contributed by atoms with Gasteiger partial charge < -0.3 is 9.47 Å². The van der Waals surface area contributed by atoms with Crippen molar-refractivity contribution in [3.8, 4) is 0 Å². The Morgan fingerprint density at radius 1 is 1.24 bits per heavy atom. The van der Waals surface area contributed by atoms with Gasteiger partial charge in [-0.15, -0.1) is 0 Å². The quantitative estimate of drug-likeness (QED) is 0.476. The SMILES string of the molecule is O=[N+]([O-])c1cccc(C2OCC3(CO2)C[C@@H]2C=C[C@@H]3C2)c1. The molecule has 0 amide bonds. The number of nitrogens with zero attached hydrogens (tertiary/aromatic N) is 1. The van der Waals surface area contributed by atoms with E-state index < -0.39 is 11.2 Å². The maximum absolute atomic E-state index is 10.8. The molecule has 1 aromatic rings. The predicted octanol–water partition coefficient (Wildman–Crippen LogP) is 3.22. The van der Waals surface area contributed by atoms with Crippen molar-refractivity contribution in [2.45, 2.75) is 19.1 Å². The Morgan fingerprint density at radius 3 is 2.67 bits per heavy atom. The lowest BCUT2D eigenvalue weighted by Gasteiger charge is -2.41. The highest BCUT2D eigenvalue weighted by Gasteiger charge is 2.51. The highest BCUT2D eigenvalue weighted by molar-refractivity contribution is 5.35. The topological polar surface area (TPSA) is 61.6 Å². The monoisotopic (exact) mass is 287 g/mol. The average molecular weight is 287 g/mol. The Bertz CT molecular complexity index is 604. The predicted molar refractivity (Wildman–Crippen MR) is 75.5 cm³/mol. The molecule has 0 aromatic heterocycles. The second kappa shape index (κ2) is 4.64. The molecule has 2 atom stereocenters. The van der Waals surface area contributed by atoms with Gasteiger partial charge in [0, 0.05) is 23.1 Å². The summed E-state index contributed by atoms with van der Waals surface area (Å²) in [5.74, 6) is 1.24. The van der Waals surface area contributed by atoms with E-state index >= 15 is 0 Å². The van der Waals surface area contributed by atoms with Crippen LogP contribution in [0.25, 0.3) is 0 Å². The van der Waals surface area contributed by atoms with Crippen LogP contribution in [0.1, 0.15) is 24.7 Å². The van der Waals surface area contributed by atoms with Crippen LogP contribution in [0.2, 0.25) is 0 Å². The first-order chi connectivity index (χ1) is 10.2. The number of non-ortho nitro benzene ring substituents is 1. The van der Waals surface area contributed by atoms with Crippen LogP contribution in [0.5, 0.6) is 0 Å². The van der Waals surface area contributed by atoms with Crippen LogP contribution in [0.15, 0.2) is 36.4 Å². The molecule has 1 saturated carbocycles. The van der Waals surface area contributed by atoms with Crippen LogP contribution >= 0.6 is 0 Å². The normalized spacial score (nSPS) is 37.2. The Kier molecular flexibility index (Phi) is 2.87. The number of allylic oxidation sites excluding steroid dienone is 2. The highest BCUT2D eigenvalue weighted by atomic mass is 16.7. The minimum absolute atomic E-state index is 0.0721. The van der Waals surface area contributed by atoms with E-state index in [4.69, 9.17) is 9.47 Å². The number of ether oxygens (including phenoxy) is 2. The van der Waals surface area contributed by atoms with Crippen molar-refractivity contribution >= 4 is 5.69 Å². The smallest absolute Gasteiger partial charge is 0.269 e. The van der Waals surface area contributed by atoms with E-state index in [0.717, 1.165) is 12.0 Å². The van der Waals surface area contributed by atoms with Crippen molar-refractivity contribution in [2.75, 3.05) is 13.2 Å². The Hall–Kier alpha value is -1.72. The summed E-state index contributed by atoms with van der Waals surface area (Å²) in [5.41, 5.74) is 0.914. The molecular weight excluding hydrogens is 270 g/mol. The standard InChI is InChI=1S/C16H17NO4/c18-17(19)14-3-1-2-12(7-14)15-20-9-16(10-21-15)8-11-4-5-13(16)6-11/h1-5,7,11,13,15H,6,8-10H2/t11-,13-,15?,16?/m1/s1. The molecule has 1 heterocycles. The number of nitro benzene ring substituents is 1. The summed E-state index contributed by atoms with van der Waals surface area (Å²) in [6.45, 7) is 1.34. The van der Waals surface area contributed by atoms with Gasteiger partial charge in [-0.3, -0.25) is 10.1 Å². The maximum Gasteiger partial charge on any atom is 0.269 e. The van der Waals surface area contributed by atoms with Gasteiger partial charge in [-0.05, 0) is 24.7 Å². The lowest BCUT2D eigenvalue weighted by molar-refractivity contribution is -0.385. The molecule has 2 fully saturated rings. The fourth-order valence-corrected chi connectivity index (χ4v) is 3.94. The van der Waals surface area contributed by atoms with Crippen molar-refractivity contribution in [2.24, 2.45) is 17.3 Å². The van der Waals surface area contributed by atoms with Gasteiger partial charge in [-0.25, -0.2) is 0 Å². The van der Waals surface area contributed by atoms with Gasteiger partial charge >= 0.3 is 0 Å². The summed E-state index contributed by atoms with van der Waals surface area (Å²) in [4.78, 5) is 10.4. The van der Waals surface area contributed by atoms with E-state index in [1.165, 1.54) is 18.6 Å². The fraction of sp³-hybridized carbons (Fsp3) is 0.500. The largest absolute Gasteiger partial charge is 0.348 e. The molecule has 0 radical (unpaired) electrons. The van der Waals surface area contributed by atoms with Crippen molar-refractivity contribution in [3.63, 3.8) is 0 Å². The third-order valence-electron chi connectivity index (χ3n) is 5.03. The zero-order chi connectivity index (χ0) is 14.4. The summed E-state index contributed by atoms with van der Waals surface area (Å²) in [6.07, 6.45) is 6.47. The molecule has 5 heteroatoms. The van der Waals surface area contributed by atoms with Crippen LogP contribution in [0, 0.1) is 27.4 Å². The minimum Gasteiger partial charge on any atom is -0.348 e. The zero-order valence-corrected chi connectivity index (χ0v) is 11.6. The van der Waals surface area contributed by atoms with E-state index in [2.05, 4.69) is 12.2 Å². The second-order valence-electron chi connectivity index (χ2n) is 6.36. The third kappa shape index (κ3) is 2.08. The summed E-state index contributed by atoms with van der Waals surface area (Å²) in [5, 5.41) is 10.8. The van der Waals surface area contributed by atoms with Gasteiger partial charge in [-0.2, -0.15) is 0 Å². The summed E-state index contributed by atoms with van der Waals surface area (Å²) >= 11 is 0. The Balaban J connectivity index is 1.49. The third-order valence-corrected chi connectivity index (χ3v) is 5.03. The van der Waals surface area contributed by atoms with E-state index in [0.29, 0.717) is 25.0 Å². The van der Waals surface area contributed by atoms with Crippen molar-refractivity contribution in [1.29, 1.82) is 0 Å². The van der Waals surface area contributed by atoms with E-state index in [-0.39, 0.29) is 11.1 Å². The molecule has 2 bridgehead atoms. The Labute approximate surface area is 122 Å². The molecule has 1 spiro atoms. The first kappa shape index (κ1) is 13.0. The van der Waals surface area contributed by atoms with Crippen LogP contribution in [0.3, 0.4) is 0 Å². The average Bonchev–Trinajstić information content (AvgIpc) is 3.09. The lowest BCUT2D eigenvalue weighted by Crippen LogP contribution is -2.41. The van der Waals surface area contributed by atoms with E-state index in [9.17, 15) is 10.1 Å². The molecule has 0 unspecified atom stereocenters. The molecule has 1 aromatic carbocycles. The summed E-state index contributed by atoms with van der Waals surface area (Å²) in [6, 6.07) is 6.50. The van der Waals surface area contributed by atoms with Gasteiger partial charge in [0.05, 0.1) is 18.1 Å². The van der Waals surface area contributed by atoms with Crippen molar-refractivity contribution in [1.82, 2.24) is 0 Å². The Morgan fingerprint density at radius 2 is 2.05 bits per heavy atom. The molecule has 1 saturated heterocycles. The lowest BCUT2D eigenvalue weighted by atomic mass is 9.76. The second-order valence-corrected chi connectivity index (χ2v) is 6.36. The molecule has 1 aliphatic heterocycles. The number of nitro groups is 1. The van der Waals surface area contributed by atoms with Gasteiger partial charge in [0.1, 0.15) is 0 Å². The van der Waals surface area contributed by atoms with E-state index in [1.807, 2.05) is 6.07 Å². The fourth-order valence-electron chi connectivity index (χ4n) is 3.94. The first-order valence-electron chi connectivity index (χ1n) is 7.32. The van der Waals surface area contributed by atoms with Crippen molar-refractivity contribution in [3.05, 3.63) is 52.1 Å². The van der Waals surface area contributed by atoms with Crippen molar-refractivity contribution < 1.29 is 14.4 Å². The van der Waals surface area contributed by atoms with Gasteiger partial charge in [0.25, 0.3) is 5.69 Å². The molecule has 4 rings (SSSR count). The molecular formula is C16H17NO4. The van der Waals surface area contributed by atoms with Crippen LogP contribution < -0.4 is 0 Å². The highest BCUT2D eigenvalue weighted by Crippen LogP contribution is 2.54. The zero-order valence-electron chi connectivity index (χ0n) is 11.6. The molecule has 0 N–H and O–H groups in total. The van der Waals surface area contributed by atoms with Gasteiger partial charge in [-0.1, -0.05) is 24.3 Å². The number of fused-ring (bicyclic) bond motifs is 3. The molecule has 21 heavy (non-hydrogen) atoms. The number of benzene rings is 1. The van der Waals surface area contributed by atoms with Gasteiger partial charge in [0.15, 0.2) is 6.29 Å². The molecule has 3 aliphatic rings. The van der Waals surface area contributed by atoms with Crippen LogP contribution in [-0.2, 0) is 9.47 Å². The molecule has 2 aliphatic carbocycles. The maximum atomic E-state index is 10.8. The van der Waals surface area contributed by atoms with Gasteiger partial charge in [0.2, 0.25) is 0 Å². The molecule has 110 valence electrons. The first-order valence-corrected chi connectivity index (χ1v) is 7.32. The number of hydrogen-bond donors (Lipinski definition) is 0. The molecule has 5 nitrogen and oxygen atoms in total. The summed E-state index contributed by atoms with van der Waals surface area (Å²) in [7, 11) is 0. The summed E-state index contributed by atoms with van der Waals surface area (Å²) < 4.78 is 11.8. The van der Waals surface area contributed by atoms with E-state index in [1.54, 1.807) is 6.07 Å². The van der Waals surface area contributed by atoms with Crippen LogP contribution in [0.4, 0.5) is 5.69 Å². The number of hydrogen-bond acceptors (Lipinski definition) is 4. The number of rotatable bonds is 2. The van der Waals surface area contributed by atoms with Crippen LogP contribution in [-0.4, -0.2) is 18.1 Å².